The fourth-order valence-electron chi connectivity index (χ4n) is 1.34. The van der Waals surface area contributed by atoms with E-state index in [1.807, 2.05) is 6.07 Å². The van der Waals surface area contributed by atoms with Gasteiger partial charge in [-0.1, -0.05) is 6.07 Å². The molecule has 0 unspecified atom stereocenters. The van der Waals surface area contributed by atoms with E-state index in [1.165, 1.54) is 10.4 Å². The second kappa shape index (κ2) is 4.61. The second-order valence-corrected chi connectivity index (χ2v) is 4.39. The lowest BCUT2D eigenvalue weighted by molar-refractivity contribution is 0.628. The average molecular weight is 282 g/mol. The summed E-state index contributed by atoms with van der Waals surface area (Å²) >= 11 is 3.49. The van der Waals surface area contributed by atoms with Crippen molar-refractivity contribution in [3.8, 4) is 0 Å². The summed E-state index contributed by atoms with van der Waals surface area (Å²) in [6, 6.07) is 6.14. The molecule has 0 saturated carbocycles. The van der Waals surface area contributed by atoms with Crippen LogP contribution in [-0.2, 0) is 13.6 Å². The molecule has 1 aromatic carbocycles. The zero-order valence-corrected chi connectivity index (χ0v) is 10.7. The average Bonchev–Trinajstić information content (AvgIpc) is 2.66. The van der Waals surface area contributed by atoms with E-state index in [4.69, 9.17) is 0 Å². The molecule has 1 heterocycles. The predicted octanol–water partition coefficient (Wildman–Crippen LogP) is 1.89. The number of tetrazole rings is 1. The van der Waals surface area contributed by atoms with Crippen LogP contribution in [0.5, 0.6) is 0 Å². The Morgan fingerprint density at radius 1 is 1.44 bits per heavy atom. The molecule has 0 radical (unpaired) electrons. The summed E-state index contributed by atoms with van der Waals surface area (Å²) in [6.07, 6.45) is 0. The van der Waals surface area contributed by atoms with Crippen LogP contribution < -0.4 is 5.32 Å². The normalized spacial score (nSPS) is 10.4. The van der Waals surface area contributed by atoms with Gasteiger partial charge < -0.3 is 5.32 Å². The Labute approximate surface area is 102 Å². The van der Waals surface area contributed by atoms with Gasteiger partial charge in [-0.2, -0.15) is 4.80 Å². The summed E-state index contributed by atoms with van der Waals surface area (Å²) in [4.78, 5) is 1.45. The molecule has 0 aliphatic heterocycles. The van der Waals surface area contributed by atoms with Crippen LogP contribution in [0, 0.1) is 6.92 Å². The topological polar surface area (TPSA) is 55.6 Å². The third-order valence-electron chi connectivity index (χ3n) is 2.11. The van der Waals surface area contributed by atoms with Crippen molar-refractivity contribution in [1.29, 1.82) is 0 Å². The number of aromatic nitrogens is 4. The minimum atomic E-state index is 0.565. The number of benzene rings is 1. The lowest BCUT2D eigenvalue weighted by Crippen LogP contribution is -2.03. The third kappa shape index (κ3) is 2.57. The molecule has 1 aromatic heterocycles. The molecule has 1 N–H and O–H groups in total. The Morgan fingerprint density at radius 2 is 2.25 bits per heavy atom. The van der Waals surface area contributed by atoms with E-state index < -0.39 is 0 Å². The van der Waals surface area contributed by atoms with Crippen molar-refractivity contribution in [1.82, 2.24) is 20.2 Å². The van der Waals surface area contributed by atoms with Crippen molar-refractivity contribution in [2.75, 3.05) is 5.32 Å². The fraction of sp³-hybridized carbons (Fsp3) is 0.300. The number of halogens is 1. The number of hydrogen-bond donors (Lipinski definition) is 1. The highest BCUT2D eigenvalue weighted by atomic mass is 79.9. The summed E-state index contributed by atoms with van der Waals surface area (Å²) in [7, 11) is 1.75. The van der Waals surface area contributed by atoms with Crippen LogP contribution in [0.3, 0.4) is 0 Å². The van der Waals surface area contributed by atoms with Gasteiger partial charge in [0, 0.05) is 10.2 Å². The molecule has 2 aromatic rings. The molecule has 5 nitrogen and oxygen atoms in total. The largest absolute Gasteiger partial charge is 0.377 e. The molecule has 84 valence electrons. The molecule has 0 amide bonds. The van der Waals surface area contributed by atoms with E-state index in [2.05, 4.69) is 55.7 Å². The Balaban J connectivity index is 2.07. The Hall–Kier alpha value is -1.43. The van der Waals surface area contributed by atoms with Crippen LogP contribution in [0.25, 0.3) is 0 Å². The van der Waals surface area contributed by atoms with Crippen molar-refractivity contribution in [2.24, 2.45) is 7.05 Å². The maximum absolute atomic E-state index is 4.09. The second-order valence-electron chi connectivity index (χ2n) is 3.53. The highest BCUT2D eigenvalue weighted by Crippen LogP contribution is 2.23. The van der Waals surface area contributed by atoms with Crippen LogP contribution in [0.4, 0.5) is 5.69 Å². The summed E-state index contributed by atoms with van der Waals surface area (Å²) < 4.78 is 1.03. The first-order valence-electron chi connectivity index (χ1n) is 4.88. The molecular formula is C10H12BrN5. The maximum atomic E-state index is 4.09. The van der Waals surface area contributed by atoms with Gasteiger partial charge in [-0.05, 0) is 45.8 Å². The summed E-state index contributed by atoms with van der Waals surface area (Å²) in [6.45, 7) is 2.62. The van der Waals surface area contributed by atoms with Gasteiger partial charge >= 0.3 is 0 Å². The van der Waals surface area contributed by atoms with E-state index in [9.17, 15) is 0 Å². The molecule has 6 heteroatoms. The van der Waals surface area contributed by atoms with Crippen LogP contribution in [0.15, 0.2) is 22.7 Å². The van der Waals surface area contributed by atoms with Gasteiger partial charge in [-0.15, -0.1) is 10.2 Å². The number of aryl methyl sites for hydroxylation is 2. The highest BCUT2D eigenvalue weighted by Gasteiger charge is 2.03. The van der Waals surface area contributed by atoms with Gasteiger partial charge in [0.05, 0.1) is 13.6 Å². The molecule has 0 aliphatic carbocycles. The molecule has 2 rings (SSSR count). The first-order valence-corrected chi connectivity index (χ1v) is 5.67. The Bertz CT molecular complexity index is 494. The van der Waals surface area contributed by atoms with E-state index in [0.717, 1.165) is 10.2 Å². The maximum Gasteiger partial charge on any atom is 0.193 e. The highest BCUT2D eigenvalue weighted by molar-refractivity contribution is 9.10. The first-order chi connectivity index (χ1) is 7.65. The third-order valence-corrected chi connectivity index (χ3v) is 2.80. The van der Waals surface area contributed by atoms with Crippen molar-refractivity contribution >= 4 is 21.6 Å². The molecule has 0 fully saturated rings. The fourth-order valence-corrected chi connectivity index (χ4v) is 1.73. The number of nitrogens with zero attached hydrogens (tertiary/aromatic N) is 4. The van der Waals surface area contributed by atoms with Crippen LogP contribution in [0.2, 0.25) is 0 Å². The van der Waals surface area contributed by atoms with E-state index in [1.54, 1.807) is 7.05 Å². The van der Waals surface area contributed by atoms with Crippen molar-refractivity contribution in [2.45, 2.75) is 13.5 Å². The number of anilines is 1. The molecule has 0 bridgehead atoms. The molecular weight excluding hydrogens is 270 g/mol. The monoisotopic (exact) mass is 281 g/mol. The number of nitrogens with one attached hydrogen (secondary N) is 1. The van der Waals surface area contributed by atoms with E-state index in [0.29, 0.717) is 12.4 Å². The zero-order chi connectivity index (χ0) is 11.5. The quantitative estimate of drug-likeness (QED) is 0.934. The standard InChI is InChI=1S/C10H12BrN5/c1-7-3-4-8(11)9(5-7)12-6-10-13-15-16(2)14-10/h3-5,12H,6H2,1-2H3. The summed E-state index contributed by atoms with van der Waals surface area (Å²) in [5.74, 6) is 0.677. The van der Waals surface area contributed by atoms with Gasteiger partial charge in [0.2, 0.25) is 0 Å². The zero-order valence-electron chi connectivity index (χ0n) is 9.11. The smallest absolute Gasteiger partial charge is 0.193 e. The molecule has 16 heavy (non-hydrogen) atoms. The van der Waals surface area contributed by atoms with E-state index >= 15 is 0 Å². The molecule has 0 spiro atoms. The summed E-state index contributed by atoms with van der Waals surface area (Å²) in [5, 5.41) is 15.0. The van der Waals surface area contributed by atoms with Gasteiger partial charge in [-0.3, -0.25) is 0 Å². The minimum Gasteiger partial charge on any atom is -0.377 e. The minimum absolute atomic E-state index is 0.565. The Morgan fingerprint density at radius 3 is 2.94 bits per heavy atom. The van der Waals surface area contributed by atoms with Gasteiger partial charge in [0.25, 0.3) is 0 Å². The van der Waals surface area contributed by atoms with Crippen molar-refractivity contribution in [3.63, 3.8) is 0 Å². The van der Waals surface area contributed by atoms with Crippen molar-refractivity contribution < 1.29 is 0 Å². The Kier molecular flexibility index (Phi) is 3.19. The van der Waals surface area contributed by atoms with Crippen molar-refractivity contribution in [3.05, 3.63) is 34.1 Å². The molecule has 0 aliphatic rings. The van der Waals surface area contributed by atoms with Gasteiger partial charge in [-0.25, -0.2) is 0 Å². The van der Waals surface area contributed by atoms with Gasteiger partial charge in [0.15, 0.2) is 5.82 Å². The van der Waals surface area contributed by atoms with Crippen LogP contribution in [0.1, 0.15) is 11.4 Å². The predicted molar refractivity (Wildman–Crippen MR) is 65.0 cm³/mol. The van der Waals surface area contributed by atoms with Crippen LogP contribution in [-0.4, -0.2) is 20.2 Å². The van der Waals surface area contributed by atoms with E-state index in [-0.39, 0.29) is 0 Å². The lowest BCUT2D eigenvalue weighted by atomic mass is 10.2. The molecule has 0 saturated heterocycles. The molecule has 0 atom stereocenters. The SMILES string of the molecule is Cc1ccc(Br)c(NCc2nnn(C)n2)c1. The summed E-state index contributed by atoms with van der Waals surface area (Å²) in [5.41, 5.74) is 2.24. The number of rotatable bonds is 3. The van der Waals surface area contributed by atoms with Gasteiger partial charge in [0.1, 0.15) is 0 Å². The first kappa shape index (κ1) is 11.1. The number of hydrogen-bond acceptors (Lipinski definition) is 4. The van der Waals surface area contributed by atoms with Crippen LogP contribution >= 0.6 is 15.9 Å². The lowest BCUT2D eigenvalue weighted by Gasteiger charge is -2.07.